The highest BCUT2D eigenvalue weighted by Gasteiger charge is 2.70. The molecule has 3 unspecified atom stereocenters. The SMILES string of the molecule is CC(C)(C)OC(=O)NC12CC3C[C@H](C1)C1(OO[C@@]4(CCC[C@@H](c5ccc(OC(=O)Oc6ccc([N+](=O)[O-])cc6)cc5)C4)O1)[C@@H](C3)C2. The number of hydrogen-bond donors (Lipinski definition) is 1. The van der Waals surface area contributed by atoms with Crippen LogP contribution in [0.1, 0.15) is 90.0 Å². The van der Waals surface area contributed by atoms with Crippen LogP contribution in [0.15, 0.2) is 48.5 Å². The van der Waals surface area contributed by atoms with Crippen LogP contribution in [0.25, 0.3) is 0 Å². The molecule has 12 nitrogen and oxygen atoms in total. The van der Waals surface area contributed by atoms with Crippen molar-refractivity contribution in [1.82, 2.24) is 5.32 Å². The average Bonchev–Trinajstić information content (AvgIpc) is 3.34. The fourth-order valence-corrected chi connectivity index (χ4v) is 8.68. The van der Waals surface area contributed by atoms with Gasteiger partial charge in [-0.05, 0) is 107 Å². The highest BCUT2D eigenvalue weighted by Crippen LogP contribution is 2.65. The summed E-state index contributed by atoms with van der Waals surface area (Å²) in [6, 6.07) is 12.5. The largest absolute Gasteiger partial charge is 0.519 e. The van der Waals surface area contributed by atoms with Crippen molar-refractivity contribution < 1.29 is 43.2 Å². The lowest BCUT2D eigenvalue weighted by Crippen LogP contribution is -2.69. The minimum atomic E-state index is -0.938. The number of alkyl carbamates (subject to hydrolysis) is 1. The Labute approximate surface area is 267 Å². The third-order valence-electron chi connectivity index (χ3n) is 10.2. The van der Waals surface area contributed by atoms with Gasteiger partial charge in [-0.15, -0.1) is 0 Å². The molecular weight excluding hydrogens is 596 g/mol. The van der Waals surface area contributed by atoms with E-state index in [4.69, 9.17) is 28.7 Å². The van der Waals surface area contributed by atoms with Gasteiger partial charge in [0.2, 0.25) is 11.6 Å². The maximum Gasteiger partial charge on any atom is 0.519 e. The van der Waals surface area contributed by atoms with Gasteiger partial charge in [-0.1, -0.05) is 12.1 Å². The van der Waals surface area contributed by atoms with Crippen LogP contribution in [0, 0.1) is 27.9 Å². The van der Waals surface area contributed by atoms with Gasteiger partial charge in [0.15, 0.2) is 0 Å². The maximum absolute atomic E-state index is 12.8. The van der Waals surface area contributed by atoms with Gasteiger partial charge in [0.25, 0.3) is 5.69 Å². The normalized spacial score (nSPS) is 34.4. The monoisotopic (exact) mass is 636 g/mol. The number of hydrogen-bond acceptors (Lipinski definition) is 10. The number of nitrogens with zero attached hydrogens (tertiary/aromatic N) is 1. The van der Waals surface area contributed by atoms with Crippen LogP contribution in [0.5, 0.6) is 11.5 Å². The Hall–Kier alpha value is -3.74. The number of carbonyl (C=O) groups is 2. The van der Waals surface area contributed by atoms with Crippen molar-refractivity contribution in [2.24, 2.45) is 17.8 Å². The summed E-state index contributed by atoms with van der Waals surface area (Å²) in [5.41, 5.74) is 0.114. The van der Waals surface area contributed by atoms with E-state index in [1.165, 1.54) is 24.3 Å². The number of nitro benzene ring substituents is 1. The van der Waals surface area contributed by atoms with Gasteiger partial charge < -0.3 is 24.3 Å². The van der Waals surface area contributed by atoms with Crippen LogP contribution in [0.4, 0.5) is 15.3 Å². The number of benzene rings is 2. The molecule has 246 valence electrons. The average molecular weight is 637 g/mol. The molecule has 4 bridgehead atoms. The second-order valence-corrected chi connectivity index (χ2v) is 14.7. The van der Waals surface area contributed by atoms with Gasteiger partial charge in [-0.2, -0.15) is 9.78 Å². The van der Waals surface area contributed by atoms with E-state index in [0.717, 1.165) is 56.9 Å². The van der Waals surface area contributed by atoms with Crippen molar-refractivity contribution in [1.29, 1.82) is 0 Å². The molecule has 6 aliphatic rings. The van der Waals surface area contributed by atoms with Crippen molar-refractivity contribution in [2.45, 2.75) is 107 Å². The maximum atomic E-state index is 12.8. The molecule has 0 radical (unpaired) electrons. The third-order valence-corrected chi connectivity index (χ3v) is 10.2. The zero-order chi connectivity index (χ0) is 32.3. The standard InChI is InChI=1S/C34H40N2O10/c1-31(2,3)43-29(37)35-32-17-21-15-24(19-32)34(25(16-21)20-32)44-33(45-46-34)14-4-5-23(18-33)22-6-10-27(11-7-22)41-30(38)42-28-12-8-26(9-13-28)36(39)40/h6-13,21,23-25H,4-5,14-20H2,1-3H3,(H,35,37)/t21?,23-,24-,25+,32?,33-,34?/m1/s1. The van der Waals surface area contributed by atoms with Gasteiger partial charge in [-0.25, -0.2) is 9.59 Å². The second-order valence-electron chi connectivity index (χ2n) is 14.7. The third kappa shape index (κ3) is 5.93. The van der Waals surface area contributed by atoms with Crippen molar-refractivity contribution >= 4 is 17.9 Å². The summed E-state index contributed by atoms with van der Waals surface area (Å²) in [6.07, 6.45) is 6.44. The predicted molar refractivity (Wildman–Crippen MR) is 162 cm³/mol. The molecule has 12 heteroatoms. The van der Waals surface area contributed by atoms with Crippen LogP contribution in [-0.4, -0.2) is 39.9 Å². The van der Waals surface area contributed by atoms with Gasteiger partial charge in [0.1, 0.15) is 17.1 Å². The first-order valence-corrected chi connectivity index (χ1v) is 16.2. The molecular formula is C34H40N2O10. The molecule has 6 fully saturated rings. The molecule has 46 heavy (non-hydrogen) atoms. The molecule has 1 aliphatic heterocycles. The van der Waals surface area contributed by atoms with E-state index in [1.54, 1.807) is 12.1 Å². The first-order chi connectivity index (χ1) is 21.8. The Balaban J connectivity index is 0.978. The summed E-state index contributed by atoms with van der Waals surface area (Å²) in [6.45, 7) is 5.63. The van der Waals surface area contributed by atoms with Crippen molar-refractivity contribution in [3.8, 4) is 11.5 Å². The van der Waals surface area contributed by atoms with Crippen molar-refractivity contribution in [2.75, 3.05) is 0 Å². The minimum absolute atomic E-state index is 0.102. The fraction of sp³-hybridized carbons (Fsp3) is 0.588. The Bertz CT molecular complexity index is 1490. The predicted octanol–water partition coefficient (Wildman–Crippen LogP) is 7.30. The molecule has 1 saturated heterocycles. The van der Waals surface area contributed by atoms with Crippen molar-refractivity contribution in [3.05, 3.63) is 64.2 Å². The summed E-state index contributed by atoms with van der Waals surface area (Å²) in [7, 11) is 0. The number of ether oxygens (including phenoxy) is 4. The summed E-state index contributed by atoms with van der Waals surface area (Å²) in [4.78, 5) is 47.8. The first kappa shape index (κ1) is 30.9. The topological polar surface area (TPSA) is 145 Å². The number of non-ortho nitro benzene ring substituents is 1. The minimum Gasteiger partial charge on any atom is -0.444 e. The van der Waals surface area contributed by atoms with E-state index in [9.17, 15) is 19.7 Å². The highest BCUT2D eigenvalue weighted by atomic mass is 17.3. The van der Waals surface area contributed by atoms with E-state index in [-0.39, 0.29) is 40.8 Å². The summed E-state index contributed by atoms with van der Waals surface area (Å²) in [5.74, 6) is -0.276. The molecule has 8 rings (SSSR count). The first-order valence-electron chi connectivity index (χ1n) is 16.2. The van der Waals surface area contributed by atoms with E-state index in [1.807, 2.05) is 32.9 Å². The van der Waals surface area contributed by atoms with Crippen LogP contribution in [-0.2, 0) is 19.2 Å². The lowest BCUT2D eigenvalue weighted by atomic mass is 9.50. The Morgan fingerprint density at radius 1 is 0.913 bits per heavy atom. The van der Waals surface area contributed by atoms with Gasteiger partial charge >= 0.3 is 12.2 Å². The van der Waals surface area contributed by atoms with Crippen LogP contribution in [0.2, 0.25) is 0 Å². The zero-order valence-electron chi connectivity index (χ0n) is 26.3. The summed E-state index contributed by atoms with van der Waals surface area (Å²) >= 11 is 0. The van der Waals surface area contributed by atoms with E-state index < -0.39 is 28.3 Å². The lowest BCUT2D eigenvalue weighted by molar-refractivity contribution is -0.391. The summed E-state index contributed by atoms with van der Waals surface area (Å²) < 4.78 is 23.1. The van der Waals surface area contributed by atoms with Crippen LogP contribution >= 0.6 is 0 Å². The van der Waals surface area contributed by atoms with Gasteiger partial charge in [0.05, 0.1) is 4.92 Å². The second kappa shape index (κ2) is 11.2. The van der Waals surface area contributed by atoms with Crippen LogP contribution in [0.3, 0.4) is 0 Å². The van der Waals surface area contributed by atoms with E-state index in [2.05, 4.69) is 5.32 Å². The number of carbonyl (C=O) groups excluding carboxylic acids is 2. The number of nitrogens with one attached hydrogen (secondary N) is 1. The molecule has 2 aromatic carbocycles. The van der Waals surface area contributed by atoms with E-state index >= 15 is 0 Å². The Morgan fingerprint density at radius 2 is 1.54 bits per heavy atom. The van der Waals surface area contributed by atoms with Gasteiger partial charge in [0, 0.05) is 42.3 Å². The lowest BCUT2D eigenvalue weighted by Gasteiger charge is -2.62. The molecule has 1 heterocycles. The quantitative estimate of drug-likeness (QED) is 0.117. The Morgan fingerprint density at radius 3 is 2.15 bits per heavy atom. The molecule has 1 amide bonds. The molecule has 5 saturated carbocycles. The zero-order valence-corrected chi connectivity index (χ0v) is 26.3. The molecule has 5 aliphatic carbocycles. The Kier molecular flexibility index (Phi) is 7.52. The fourth-order valence-electron chi connectivity index (χ4n) is 8.68. The number of rotatable bonds is 5. The molecule has 1 N–H and O–H groups in total. The molecule has 7 atom stereocenters. The van der Waals surface area contributed by atoms with Gasteiger partial charge in [-0.3, -0.25) is 10.1 Å². The van der Waals surface area contributed by atoms with Crippen molar-refractivity contribution in [3.63, 3.8) is 0 Å². The van der Waals surface area contributed by atoms with E-state index in [0.29, 0.717) is 18.1 Å². The number of nitro groups is 1. The van der Waals surface area contributed by atoms with Crippen LogP contribution < -0.4 is 14.8 Å². The molecule has 0 aromatic heterocycles. The smallest absolute Gasteiger partial charge is 0.444 e. The molecule has 2 spiro atoms. The number of amides is 1. The molecule has 2 aromatic rings. The highest BCUT2D eigenvalue weighted by molar-refractivity contribution is 5.69. The summed E-state index contributed by atoms with van der Waals surface area (Å²) in [5, 5.41) is 14.1.